The third-order valence-corrected chi connectivity index (χ3v) is 5.87. The Balaban J connectivity index is 1.57. The van der Waals surface area contributed by atoms with Crippen LogP contribution in [0.5, 0.6) is 5.75 Å². The number of hydrogen-bond donors (Lipinski definition) is 0. The lowest BCUT2D eigenvalue weighted by Crippen LogP contribution is -2.34. The molecule has 7 heteroatoms. The number of ether oxygens (including phenoxy) is 1. The largest absolute Gasteiger partial charge is 0.494 e. The van der Waals surface area contributed by atoms with Gasteiger partial charge in [-0.25, -0.2) is 0 Å². The SMILES string of the molecule is CCOc1ccc(CC(=O)N2CCN=C2SCc2ccc(Cl)c(Cl)c2)cc1. The topological polar surface area (TPSA) is 41.9 Å². The Bertz CT molecular complexity index is 840. The lowest BCUT2D eigenvalue weighted by Gasteiger charge is -2.18. The van der Waals surface area contributed by atoms with E-state index in [1.807, 2.05) is 43.3 Å². The number of hydrogen-bond acceptors (Lipinski definition) is 4. The van der Waals surface area contributed by atoms with E-state index in [2.05, 4.69) is 4.99 Å². The minimum absolute atomic E-state index is 0.0528. The van der Waals surface area contributed by atoms with E-state index in [1.54, 1.807) is 22.7 Å². The highest BCUT2D eigenvalue weighted by Gasteiger charge is 2.24. The van der Waals surface area contributed by atoms with E-state index in [0.717, 1.165) is 22.0 Å². The fraction of sp³-hybridized carbons (Fsp3) is 0.300. The summed E-state index contributed by atoms with van der Waals surface area (Å²) in [5.74, 6) is 1.55. The maximum atomic E-state index is 12.7. The van der Waals surface area contributed by atoms with Gasteiger partial charge in [-0.3, -0.25) is 14.7 Å². The maximum absolute atomic E-state index is 12.7. The van der Waals surface area contributed by atoms with E-state index in [-0.39, 0.29) is 5.91 Å². The summed E-state index contributed by atoms with van der Waals surface area (Å²) in [4.78, 5) is 18.9. The van der Waals surface area contributed by atoms with Crippen molar-refractivity contribution in [2.45, 2.75) is 19.1 Å². The zero-order valence-corrected chi connectivity index (χ0v) is 17.3. The van der Waals surface area contributed by atoms with Crippen LogP contribution < -0.4 is 4.74 Å². The molecule has 2 aromatic carbocycles. The van der Waals surface area contributed by atoms with Gasteiger partial charge in [-0.1, -0.05) is 53.2 Å². The number of carbonyl (C=O) groups excluding carboxylic acids is 1. The summed E-state index contributed by atoms with van der Waals surface area (Å²) in [6.45, 7) is 3.83. The third-order valence-electron chi connectivity index (χ3n) is 4.04. The van der Waals surface area contributed by atoms with Crippen LogP contribution in [0, 0.1) is 0 Å². The van der Waals surface area contributed by atoms with Gasteiger partial charge in [0.05, 0.1) is 29.6 Å². The zero-order chi connectivity index (χ0) is 19.2. The van der Waals surface area contributed by atoms with Gasteiger partial charge >= 0.3 is 0 Å². The summed E-state index contributed by atoms with van der Waals surface area (Å²) in [7, 11) is 0. The summed E-state index contributed by atoms with van der Waals surface area (Å²) >= 11 is 13.6. The molecule has 27 heavy (non-hydrogen) atoms. The second kappa shape index (κ2) is 9.49. The lowest BCUT2D eigenvalue weighted by molar-refractivity contribution is -0.126. The molecule has 0 N–H and O–H groups in total. The van der Waals surface area contributed by atoms with Crippen molar-refractivity contribution in [1.82, 2.24) is 4.90 Å². The van der Waals surface area contributed by atoms with Gasteiger partial charge in [0.25, 0.3) is 0 Å². The normalized spacial score (nSPS) is 13.6. The molecule has 0 fully saturated rings. The number of rotatable bonds is 6. The highest BCUT2D eigenvalue weighted by atomic mass is 35.5. The molecule has 3 rings (SSSR count). The molecule has 1 heterocycles. The molecule has 1 aliphatic rings. The fourth-order valence-corrected chi connectivity index (χ4v) is 4.03. The number of halogens is 2. The molecule has 0 unspecified atom stereocenters. The van der Waals surface area contributed by atoms with Crippen molar-refractivity contribution in [2.75, 3.05) is 19.7 Å². The average Bonchev–Trinajstić information content (AvgIpc) is 3.13. The molecule has 142 valence electrons. The van der Waals surface area contributed by atoms with Gasteiger partial charge in [-0.05, 0) is 42.3 Å². The fourth-order valence-electron chi connectivity index (χ4n) is 2.70. The minimum atomic E-state index is 0.0528. The predicted octanol–water partition coefficient (Wildman–Crippen LogP) is 5.07. The van der Waals surface area contributed by atoms with Crippen LogP contribution in [-0.2, 0) is 17.0 Å². The molecule has 0 bridgehead atoms. The van der Waals surface area contributed by atoms with Crippen LogP contribution in [-0.4, -0.2) is 35.7 Å². The molecule has 4 nitrogen and oxygen atoms in total. The van der Waals surface area contributed by atoms with Crippen molar-refractivity contribution >= 4 is 46.0 Å². The van der Waals surface area contributed by atoms with Gasteiger partial charge in [0, 0.05) is 12.3 Å². The Kier molecular flexibility index (Phi) is 7.05. The minimum Gasteiger partial charge on any atom is -0.494 e. The Morgan fingerprint density at radius 3 is 2.59 bits per heavy atom. The molecule has 0 aliphatic carbocycles. The van der Waals surface area contributed by atoms with E-state index >= 15 is 0 Å². The van der Waals surface area contributed by atoms with Crippen LogP contribution in [0.15, 0.2) is 47.5 Å². The summed E-state index contributed by atoms with van der Waals surface area (Å²) in [6, 6.07) is 13.2. The van der Waals surface area contributed by atoms with Gasteiger partial charge in [0.2, 0.25) is 5.91 Å². The van der Waals surface area contributed by atoms with Crippen molar-refractivity contribution in [3.8, 4) is 5.75 Å². The van der Waals surface area contributed by atoms with Gasteiger partial charge < -0.3 is 4.74 Å². The van der Waals surface area contributed by atoms with Crippen molar-refractivity contribution in [3.63, 3.8) is 0 Å². The summed E-state index contributed by atoms with van der Waals surface area (Å²) in [5, 5.41) is 1.83. The third kappa shape index (κ3) is 5.41. The number of aliphatic imine (C=N–C) groups is 1. The van der Waals surface area contributed by atoms with Crippen LogP contribution in [0.3, 0.4) is 0 Å². The van der Waals surface area contributed by atoms with Crippen molar-refractivity contribution < 1.29 is 9.53 Å². The Morgan fingerprint density at radius 2 is 1.89 bits per heavy atom. The molecule has 1 aliphatic heterocycles. The predicted molar refractivity (Wildman–Crippen MR) is 113 cm³/mol. The average molecular weight is 423 g/mol. The Labute approximate surface area is 173 Å². The van der Waals surface area contributed by atoms with Gasteiger partial charge in [0.15, 0.2) is 5.17 Å². The van der Waals surface area contributed by atoms with Crippen LogP contribution in [0.1, 0.15) is 18.1 Å². The molecular weight excluding hydrogens is 403 g/mol. The molecule has 0 atom stereocenters. The number of nitrogens with zero attached hydrogens (tertiary/aromatic N) is 2. The smallest absolute Gasteiger partial charge is 0.233 e. The first-order valence-corrected chi connectivity index (χ1v) is 10.4. The second-order valence-electron chi connectivity index (χ2n) is 6.00. The molecule has 1 amide bonds. The van der Waals surface area contributed by atoms with E-state index in [0.29, 0.717) is 41.9 Å². The van der Waals surface area contributed by atoms with E-state index < -0.39 is 0 Å². The number of amidine groups is 1. The Hall–Kier alpha value is -1.69. The molecule has 0 radical (unpaired) electrons. The first kappa shape index (κ1) is 20.1. The number of thioether (sulfide) groups is 1. The first-order valence-electron chi connectivity index (χ1n) is 8.70. The molecule has 0 saturated carbocycles. The summed E-state index contributed by atoms with van der Waals surface area (Å²) in [6.07, 6.45) is 0.346. The van der Waals surface area contributed by atoms with Gasteiger partial charge in [-0.15, -0.1) is 0 Å². The summed E-state index contributed by atoms with van der Waals surface area (Å²) < 4.78 is 5.44. The monoisotopic (exact) mass is 422 g/mol. The standard InChI is InChI=1S/C20H20Cl2N2O2S/c1-2-26-16-6-3-14(4-7-16)12-19(25)24-10-9-23-20(24)27-13-15-5-8-17(21)18(22)11-15/h3-8,11H,2,9-10,12-13H2,1H3. The zero-order valence-electron chi connectivity index (χ0n) is 15.0. The number of carbonyl (C=O) groups is 1. The van der Waals surface area contributed by atoms with Gasteiger partial charge in [0.1, 0.15) is 5.75 Å². The summed E-state index contributed by atoms with van der Waals surface area (Å²) in [5.41, 5.74) is 2.01. The molecule has 0 aromatic heterocycles. The van der Waals surface area contributed by atoms with Crippen LogP contribution in [0.4, 0.5) is 0 Å². The second-order valence-corrected chi connectivity index (χ2v) is 7.76. The van der Waals surface area contributed by atoms with Crippen molar-refractivity contribution in [2.24, 2.45) is 4.99 Å². The van der Waals surface area contributed by atoms with Gasteiger partial charge in [-0.2, -0.15) is 0 Å². The number of benzene rings is 2. The van der Waals surface area contributed by atoms with Crippen molar-refractivity contribution in [1.29, 1.82) is 0 Å². The van der Waals surface area contributed by atoms with E-state index in [1.165, 1.54) is 0 Å². The highest BCUT2D eigenvalue weighted by molar-refractivity contribution is 8.13. The van der Waals surface area contributed by atoms with Crippen molar-refractivity contribution in [3.05, 3.63) is 63.6 Å². The highest BCUT2D eigenvalue weighted by Crippen LogP contribution is 2.26. The quantitative estimate of drug-likeness (QED) is 0.652. The van der Waals surface area contributed by atoms with E-state index in [9.17, 15) is 4.79 Å². The number of amides is 1. The molecule has 0 spiro atoms. The first-order chi connectivity index (χ1) is 13.1. The van der Waals surface area contributed by atoms with Crippen LogP contribution in [0.25, 0.3) is 0 Å². The lowest BCUT2D eigenvalue weighted by atomic mass is 10.1. The van der Waals surface area contributed by atoms with Crippen LogP contribution >= 0.6 is 35.0 Å². The molecule has 0 saturated heterocycles. The van der Waals surface area contributed by atoms with E-state index in [4.69, 9.17) is 27.9 Å². The van der Waals surface area contributed by atoms with Crippen LogP contribution in [0.2, 0.25) is 10.0 Å². The Morgan fingerprint density at radius 1 is 1.15 bits per heavy atom. The maximum Gasteiger partial charge on any atom is 0.233 e. The molecular formula is C20H20Cl2N2O2S. The molecule has 2 aromatic rings.